The van der Waals surface area contributed by atoms with Crippen LogP contribution in [0.1, 0.15) is 43.3 Å². The number of aryl methyl sites for hydroxylation is 1. The van der Waals surface area contributed by atoms with E-state index in [4.69, 9.17) is 9.15 Å². The molecule has 0 amide bonds. The van der Waals surface area contributed by atoms with Gasteiger partial charge in [0.05, 0.1) is 19.3 Å². The summed E-state index contributed by atoms with van der Waals surface area (Å²) in [6, 6.07) is 2.97. The molecule has 1 saturated heterocycles. The molecule has 0 radical (unpaired) electrons. The number of furan rings is 1. The quantitative estimate of drug-likeness (QED) is 0.867. The Morgan fingerprint density at radius 1 is 1.40 bits per heavy atom. The minimum atomic E-state index is 0.385. The number of morpholine rings is 1. The highest BCUT2D eigenvalue weighted by molar-refractivity contribution is 5.21. The first-order valence-corrected chi connectivity index (χ1v) is 7.90. The predicted octanol–water partition coefficient (Wildman–Crippen LogP) is 2.45. The maximum atomic E-state index is 5.92. The molecule has 1 aromatic heterocycles. The van der Waals surface area contributed by atoms with Gasteiger partial charge in [-0.2, -0.15) is 0 Å². The van der Waals surface area contributed by atoms with Crippen LogP contribution in [-0.4, -0.2) is 36.7 Å². The van der Waals surface area contributed by atoms with E-state index in [2.05, 4.69) is 30.1 Å². The SMILES string of the molecule is CCC1CN(Cc2cc(CNC3CC3)c(C)o2)CCO1. The van der Waals surface area contributed by atoms with Gasteiger partial charge in [0.15, 0.2) is 0 Å². The lowest BCUT2D eigenvalue weighted by Gasteiger charge is -2.31. The summed E-state index contributed by atoms with van der Waals surface area (Å²) < 4.78 is 11.6. The Kier molecular flexibility index (Phi) is 4.44. The van der Waals surface area contributed by atoms with Crippen LogP contribution in [0.2, 0.25) is 0 Å². The molecule has 1 N–H and O–H groups in total. The van der Waals surface area contributed by atoms with Crippen molar-refractivity contribution in [3.05, 3.63) is 23.2 Å². The van der Waals surface area contributed by atoms with E-state index < -0.39 is 0 Å². The smallest absolute Gasteiger partial charge is 0.118 e. The van der Waals surface area contributed by atoms with Gasteiger partial charge in [-0.1, -0.05) is 6.92 Å². The molecule has 1 aliphatic carbocycles. The Hall–Kier alpha value is -0.840. The van der Waals surface area contributed by atoms with Gasteiger partial charge in [0, 0.05) is 31.2 Å². The summed E-state index contributed by atoms with van der Waals surface area (Å²) in [5, 5.41) is 3.55. The zero-order valence-electron chi connectivity index (χ0n) is 12.7. The van der Waals surface area contributed by atoms with Crippen molar-refractivity contribution in [2.45, 2.75) is 58.3 Å². The molecule has 1 saturated carbocycles. The fraction of sp³-hybridized carbons (Fsp3) is 0.750. The van der Waals surface area contributed by atoms with Gasteiger partial charge in [0.2, 0.25) is 0 Å². The summed E-state index contributed by atoms with van der Waals surface area (Å²) in [7, 11) is 0. The molecule has 1 atom stereocenters. The molecule has 1 unspecified atom stereocenters. The van der Waals surface area contributed by atoms with Gasteiger partial charge >= 0.3 is 0 Å². The van der Waals surface area contributed by atoms with E-state index in [1.165, 1.54) is 18.4 Å². The van der Waals surface area contributed by atoms with Crippen LogP contribution < -0.4 is 5.32 Å². The van der Waals surface area contributed by atoms with E-state index in [-0.39, 0.29) is 0 Å². The standard InChI is InChI=1S/C16H26N2O2/c1-3-15-10-18(6-7-19-15)11-16-8-13(12(2)20-16)9-17-14-4-5-14/h8,14-15,17H,3-7,9-11H2,1-2H3. The summed E-state index contributed by atoms with van der Waals surface area (Å²) in [5.74, 6) is 2.15. The average molecular weight is 278 g/mol. The van der Waals surface area contributed by atoms with Crippen LogP contribution in [0.3, 0.4) is 0 Å². The van der Waals surface area contributed by atoms with Gasteiger partial charge in [0.25, 0.3) is 0 Å². The Bertz CT molecular complexity index is 440. The van der Waals surface area contributed by atoms with Crippen LogP contribution in [0.15, 0.2) is 10.5 Å². The molecule has 0 aromatic carbocycles. The number of ether oxygens (including phenoxy) is 1. The van der Waals surface area contributed by atoms with Crippen molar-refractivity contribution >= 4 is 0 Å². The highest BCUT2D eigenvalue weighted by Crippen LogP contribution is 2.22. The molecule has 1 aromatic rings. The lowest BCUT2D eigenvalue weighted by atomic mass is 10.2. The van der Waals surface area contributed by atoms with Crippen LogP contribution in [0.5, 0.6) is 0 Å². The fourth-order valence-corrected chi connectivity index (χ4v) is 2.77. The first-order valence-electron chi connectivity index (χ1n) is 7.90. The van der Waals surface area contributed by atoms with Crippen molar-refractivity contribution in [3.8, 4) is 0 Å². The van der Waals surface area contributed by atoms with Gasteiger partial charge in [-0.15, -0.1) is 0 Å². The molecule has 4 heteroatoms. The second-order valence-corrected chi connectivity index (χ2v) is 6.09. The minimum Gasteiger partial charge on any atom is -0.465 e. The molecule has 2 heterocycles. The normalized spacial score (nSPS) is 24.2. The summed E-state index contributed by atoms with van der Waals surface area (Å²) in [4.78, 5) is 2.44. The van der Waals surface area contributed by atoms with Gasteiger partial charge < -0.3 is 14.5 Å². The maximum Gasteiger partial charge on any atom is 0.118 e. The molecule has 1 aliphatic heterocycles. The van der Waals surface area contributed by atoms with Crippen LogP contribution in [-0.2, 0) is 17.8 Å². The van der Waals surface area contributed by atoms with Crippen LogP contribution >= 0.6 is 0 Å². The average Bonchev–Trinajstić information content (AvgIpc) is 3.21. The molecule has 112 valence electrons. The molecule has 3 rings (SSSR count). The van der Waals surface area contributed by atoms with E-state index in [0.29, 0.717) is 6.10 Å². The molecular formula is C16H26N2O2. The molecule has 20 heavy (non-hydrogen) atoms. The van der Waals surface area contributed by atoms with Gasteiger partial charge in [-0.3, -0.25) is 4.90 Å². The maximum absolute atomic E-state index is 5.92. The lowest BCUT2D eigenvalue weighted by molar-refractivity contribution is -0.0342. The Morgan fingerprint density at radius 3 is 3.00 bits per heavy atom. The topological polar surface area (TPSA) is 37.6 Å². The number of hydrogen-bond donors (Lipinski definition) is 1. The van der Waals surface area contributed by atoms with Gasteiger partial charge in [0.1, 0.15) is 11.5 Å². The Labute approximate surface area is 121 Å². The number of hydrogen-bond acceptors (Lipinski definition) is 4. The van der Waals surface area contributed by atoms with E-state index in [9.17, 15) is 0 Å². The van der Waals surface area contributed by atoms with Crippen molar-refractivity contribution in [1.82, 2.24) is 10.2 Å². The van der Waals surface area contributed by atoms with Gasteiger partial charge in [-0.05, 0) is 32.3 Å². The zero-order valence-corrected chi connectivity index (χ0v) is 12.7. The van der Waals surface area contributed by atoms with Crippen LogP contribution in [0.25, 0.3) is 0 Å². The van der Waals surface area contributed by atoms with Gasteiger partial charge in [-0.25, -0.2) is 0 Å². The third kappa shape index (κ3) is 3.62. The van der Waals surface area contributed by atoms with E-state index in [1.54, 1.807) is 0 Å². The zero-order chi connectivity index (χ0) is 13.9. The highest BCUT2D eigenvalue weighted by Gasteiger charge is 2.22. The molecular weight excluding hydrogens is 252 g/mol. The summed E-state index contributed by atoms with van der Waals surface area (Å²) in [6.45, 7) is 8.98. The summed E-state index contributed by atoms with van der Waals surface area (Å²) in [6.07, 6.45) is 4.13. The fourth-order valence-electron chi connectivity index (χ4n) is 2.77. The molecule has 2 fully saturated rings. The van der Waals surface area contributed by atoms with E-state index >= 15 is 0 Å². The third-order valence-electron chi connectivity index (χ3n) is 4.29. The molecule has 0 bridgehead atoms. The van der Waals surface area contributed by atoms with E-state index in [0.717, 1.165) is 56.8 Å². The second-order valence-electron chi connectivity index (χ2n) is 6.09. The van der Waals surface area contributed by atoms with Crippen molar-refractivity contribution in [2.75, 3.05) is 19.7 Å². The van der Waals surface area contributed by atoms with Crippen molar-refractivity contribution in [1.29, 1.82) is 0 Å². The first kappa shape index (κ1) is 14.1. The largest absolute Gasteiger partial charge is 0.465 e. The minimum absolute atomic E-state index is 0.385. The number of nitrogens with one attached hydrogen (secondary N) is 1. The molecule has 0 spiro atoms. The Balaban J connectivity index is 1.55. The summed E-state index contributed by atoms with van der Waals surface area (Å²) >= 11 is 0. The molecule has 4 nitrogen and oxygen atoms in total. The van der Waals surface area contributed by atoms with Crippen LogP contribution in [0, 0.1) is 6.92 Å². The second kappa shape index (κ2) is 6.29. The number of nitrogens with zero attached hydrogens (tertiary/aromatic N) is 1. The lowest BCUT2D eigenvalue weighted by Crippen LogP contribution is -2.41. The summed E-state index contributed by atoms with van der Waals surface area (Å²) in [5.41, 5.74) is 1.31. The predicted molar refractivity (Wildman–Crippen MR) is 78.6 cm³/mol. The first-order chi connectivity index (χ1) is 9.74. The molecule has 2 aliphatic rings. The third-order valence-corrected chi connectivity index (χ3v) is 4.29. The Morgan fingerprint density at radius 2 is 2.25 bits per heavy atom. The van der Waals surface area contributed by atoms with Crippen LogP contribution in [0.4, 0.5) is 0 Å². The van der Waals surface area contributed by atoms with Crippen molar-refractivity contribution in [2.24, 2.45) is 0 Å². The van der Waals surface area contributed by atoms with Crippen molar-refractivity contribution < 1.29 is 9.15 Å². The highest BCUT2D eigenvalue weighted by atomic mass is 16.5. The number of rotatable bonds is 6. The van der Waals surface area contributed by atoms with Crippen molar-refractivity contribution in [3.63, 3.8) is 0 Å². The van der Waals surface area contributed by atoms with E-state index in [1.807, 2.05) is 0 Å². The monoisotopic (exact) mass is 278 g/mol.